The van der Waals surface area contributed by atoms with Gasteiger partial charge in [0, 0.05) is 19.3 Å². The predicted octanol–water partition coefficient (Wildman–Crippen LogP) is 0.345. The quantitative estimate of drug-likeness (QED) is 0.752. The van der Waals surface area contributed by atoms with Crippen molar-refractivity contribution in [2.45, 2.75) is 32.3 Å². The average Bonchev–Trinajstić information content (AvgIpc) is 2.69. The van der Waals surface area contributed by atoms with Gasteiger partial charge < -0.3 is 9.88 Å². The van der Waals surface area contributed by atoms with Crippen LogP contribution in [-0.2, 0) is 16.6 Å². The molecule has 0 bridgehead atoms. The molecule has 104 valence electrons. The van der Waals surface area contributed by atoms with Crippen LogP contribution in [0.5, 0.6) is 0 Å². The number of aromatic nitrogens is 2. The van der Waals surface area contributed by atoms with Crippen molar-refractivity contribution < 1.29 is 8.42 Å². The molecule has 0 saturated heterocycles. The van der Waals surface area contributed by atoms with E-state index in [9.17, 15) is 8.42 Å². The molecule has 0 spiro atoms. The molecule has 0 amide bonds. The minimum Gasteiger partial charge on any atom is -0.334 e. The maximum Gasteiger partial charge on any atom is 0.259 e. The minimum absolute atomic E-state index is 0.0958. The molecule has 1 atom stereocenters. The van der Waals surface area contributed by atoms with Crippen LogP contribution in [0.3, 0.4) is 0 Å². The molecule has 1 aromatic heterocycles. The average molecular weight is 274 g/mol. The van der Waals surface area contributed by atoms with Crippen LogP contribution < -0.4 is 10.0 Å². The summed E-state index contributed by atoms with van der Waals surface area (Å²) >= 11 is 0. The Balaban J connectivity index is 2.74. The van der Waals surface area contributed by atoms with Crippen LogP contribution in [0.25, 0.3) is 0 Å². The Hall–Kier alpha value is -0.920. The summed E-state index contributed by atoms with van der Waals surface area (Å²) in [4.78, 5) is 4.07. The second-order valence-electron chi connectivity index (χ2n) is 4.43. The first kappa shape index (κ1) is 15.1. The lowest BCUT2D eigenvalue weighted by Crippen LogP contribution is -2.32. The molecular weight excluding hydrogens is 252 g/mol. The van der Waals surface area contributed by atoms with E-state index in [4.69, 9.17) is 0 Å². The van der Waals surface area contributed by atoms with E-state index in [2.05, 4.69) is 15.0 Å². The van der Waals surface area contributed by atoms with Crippen LogP contribution in [-0.4, -0.2) is 38.1 Å². The van der Waals surface area contributed by atoms with E-state index in [1.165, 1.54) is 0 Å². The normalized spacial score (nSPS) is 13.8. The molecule has 7 heteroatoms. The molecule has 0 aliphatic rings. The summed E-state index contributed by atoms with van der Waals surface area (Å²) in [5.74, 6) is 0.945. The van der Waals surface area contributed by atoms with Crippen LogP contribution in [0.1, 0.15) is 19.7 Å². The standard InChI is InChI=1S/C11H22N4O2S/c1-5-15-8-11(14-10(15)3)18(16,17)13-7-9(2)6-12-4/h8-9,12-13H,5-7H2,1-4H3. The van der Waals surface area contributed by atoms with E-state index in [-0.39, 0.29) is 10.9 Å². The molecule has 0 aliphatic carbocycles. The number of nitrogens with one attached hydrogen (secondary N) is 2. The number of hydrogen-bond acceptors (Lipinski definition) is 4. The van der Waals surface area contributed by atoms with Crippen LogP contribution in [0.15, 0.2) is 11.2 Å². The number of nitrogens with zero attached hydrogens (tertiary/aromatic N) is 2. The first-order valence-electron chi connectivity index (χ1n) is 6.08. The fourth-order valence-corrected chi connectivity index (χ4v) is 2.85. The molecule has 1 unspecified atom stereocenters. The highest BCUT2D eigenvalue weighted by Crippen LogP contribution is 2.09. The molecule has 6 nitrogen and oxygen atoms in total. The molecular formula is C11H22N4O2S. The van der Waals surface area contributed by atoms with Gasteiger partial charge in [0.25, 0.3) is 10.0 Å². The molecule has 0 aliphatic heterocycles. The highest BCUT2D eigenvalue weighted by atomic mass is 32.2. The number of sulfonamides is 1. The van der Waals surface area contributed by atoms with E-state index in [1.807, 2.05) is 25.5 Å². The second kappa shape index (κ2) is 6.31. The Bertz CT molecular complexity index is 481. The Morgan fingerprint density at radius 3 is 2.61 bits per heavy atom. The third-order valence-electron chi connectivity index (χ3n) is 2.74. The number of rotatable bonds is 7. The van der Waals surface area contributed by atoms with Gasteiger partial charge in [-0.3, -0.25) is 0 Å². The Morgan fingerprint density at radius 2 is 2.11 bits per heavy atom. The van der Waals surface area contributed by atoms with Crippen LogP contribution in [0.4, 0.5) is 0 Å². The largest absolute Gasteiger partial charge is 0.334 e. The first-order valence-corrected chi connectivity index (χ1v) is 7.57. The van der Waals surface area contributed by atoms with E-state index in [0.29, 0.717) is 18.9 Å². The SMILES string of the molecule is CCn1cc(S(=O)(=O)NCC(C)CNC)nc1C. The maximum atomic E-state index is 12.0. The van der Waals surface area contributed by atoms with Crippen molar-refractivity contribution in [2.75, 3.05) is 20.1 Å². The van der Waals surface area contributed by atoms with Crippen molar-refractivity contribution in [3.05, 3.63) is 12.0 Å². The van der Waals surface area contributed by atoms with E-state index in [1.54, 1.807) is 13.1 Å². The number of hydrogen-bond donors (Lipinski definition) is 2. The molecule has 1 aromatic rings. The van der Waals surface area contributed by atoms with Gasteiger partial charge in [-0.05, 0) is 33.4 Å². The monoisotopic (exact) mass is 274 g/mol. The van der Waals surface area contributed by atoms with Gasteiger partial charge in [-0.25, -0.2) is 18.1 Å². The molecule has 0 aromatic carbocycles. The van der Waals surface area contributed by atoms with Gasteiger partial charge in [0.1, 0.15) is 5.82 Å². The van der Waals surface area contributed by atoms with Crippen molar-refractivity contribution in [2.24, 2.45) is 5.92 Å². The summed E-state index contributed by atoms with van der Waals surface area (Å²) in [5, 5.41) is 3.11. The van der Waals surface area contributed by atoms with Crippen molar-refractivity contribution in [3.63, 3.8) is 0 Å². The van der Waals surface area contributed by atoms with Gasteiger partial charge in [-0.1, -0.05) is 6.92 Å². The van der Waals surface area contributed by atoms with Gasteiger partial charge in [0.15, 0.2) is 5.03 Å². The molecule has 0 saturated carbocycles. The summed E-state index contributed by atoms with van der Waals surface area (Å²) in [6.45, 7) is 7.62. The highest BCUT2D eigenvalue weighted by molar-refractivity contribution is 7.89. The lowest BCUT2D eigenvalue weighted by molar-refractivity contribution is 0.517. The summed E-state index contributed by atoms with van der Waals surface area (Å²) in [6, 6.07) is 0. The van der Waals surface area contributed by atoms with Crippen LogP contribution >= 0.6 is 0 Å². The van der Waals surface area contributed by atoms with Crippen molar-refractivity contribution in [3.8, 4) is 0 Å². The van der Waals surface area contributed by atoms with Gasteiger partial charge in [-0.15, -0.1) is 0 Å². The second-order valence-corrected chi connectivity index (χ2v) is 6.14. The Labute approximate surface area is 109 Å². The minimum atomic E-state index is -3.50. The number of imidazole rings is 1. The van der Waals surface area contributed by atoms with Gasteiger partial charge in [0.05, 0.1) is 0 Å². The maximum absolute atomic E-state index is 12.0. The van der Waals surface area contributed by atoms with Crippen molar-refractivity contribution >= 4 is 10.0 Å². The zero-order valence-corrected chi connectivity index (χ0v) is 12.2. The molecule has 0 fully saturated rings. The fourth-order valence-electron chi connectivity index (χ4n) is 1.68. The molecule has 18 heavy (non-hydrogen) atoms. The van der Waals surface area contributed by atoms with Gasteiger partial charge >= 0.3 is 0 Å². The van der Waals surface area contributed by atoms with E-state index in [0.717, 1.165) is 6.54 Å². The van der Waals surface area contributed by atoms with Crippen LogP contribution in [0.2, 0.25) is 0 Å². The third kappa shape index (κ3) is 3.79. The fraction of sp³-hybridized carbons (Fsp3) is 0.727. The van der Waals surface area contributed by atoms with Gasteiger partial charge in [0.2, 0.25) is 0 Å². The van der Waals surface area contributed by atoms with Crippen molar-refractivity contribution in [1.82, 2.24) is 19.6 Å². The smallest absolute Gasteiger partial charge is 0.259 e. The Kier molecular flexibility index (Phi) is 5.30. The number of aryl methyl sites for hydroxylation is 2. The topological polar surface area (TPSA) is 76.0 Å². The Morgan fingerprint density at radius 1 is 1.44 bits per heavy atom. The van der Waals surface area contributed by atoms with E-state index >= 15 is 0 Å². The highest BCUT2D eigenvalue weighted by Gasteiger charge is 2.19. The third-order valence-corrected chi connectivity index (χ3v) is 4.04. The molecule has 1 heterocycles. The zero-order valence-electron chi connectivity index (χ0n) is 11.4. The van der Waals surface area contributed by atoms with Crippen LogP contribution in [0, 0.1) is 12.8 Å². The summed E-state index contributed by atoms with van der Waals surface area (Å²) in [5.41, 5.74) is 0. The lowest BCUT2D eigenvalue weighted by atomic mass is 10.2. The zero-order chi connectivity index (χ0) is 13.8. The lowest BCUT2D eigenvalue weighted by Gasteiger charge is -2.11. The molecule has 0 radical (unpaired) electrons. The molecule has 2 N–H and O–H groups in total. The first-order chi connectivity index (χ1) is 8.40. The summed E-state index contributed by atoms with van der Waals surface area (Å²) in [7, 11) is -1.65. The molecule has 1 rings (SSSR count). The predicted molar refractivity (Wildman–Crippen MR) is 70.9 cm³/mol. The summed E-state index contributed by atoms with van der Waals surface area (Å²) < 4.78 is 28.4. The van der Waals surface area contributed by atoms with E-state index < -0.39 is 10.0 Å². The van der Waals surface area contributed by atoms with Gasteiger partial charge in [-0.2, -0.15) is 0 Å². The summed E-state index contributed by atoms with van der Waals surface area (Å²) in [6.07, 6.45) is 1.57. The van der Waals surface area contributed by atoms with Crippen molar-refractivity contribution in [1.29, 1.82) is 0 Å².